The molecule has 0 unspecified atom stereocenters. The van der Waals surface area contributed by atoms with Crippen molar-refractivity contribution in [3.05, 3.63) is 87.2 Å². The van der Waals surface area contributed by atoms with Crippen LogP contribution in [0, 0.1) is 31.0 Å². The lowest BCUT2D eigenvalue weighted by molar-refractivity contribution is 0.0866. The van der Waals surface area contributed by atoms with E-state index in [1.54, 1.807) is 19.1 Å². The van der Waals surface area contributed by atoms with Crippen LogP contribution in [0.2, 0.25) is 10.0 Å². The van der Waals surface area contributed by atoms with Gasteiger partial charge in [0.15, 0.2) is 5.89 Å². The number of halogens is 3. The Kier molecular flexibility index (Phi) is 8.63. The first-order chi connectivity index (χ1) is 21.9. The molecule has 1 fully saturated rings. The summed E-state index contributed by atoms with van der Waals surface area (Å²) in [5.41, 5.74) is 3.83. The smallest absolute Gasteiger partial charge is 0.191 e. The summed E-state index contributed by atoms with van der Waals surface area (Å²) in [6.07, 6.45) is 5.37. The Hall–Kier alpha value is -4.24. The number of aromatic nitrogens is 5. The normalized spacial score (nSPS) is 15.2. The number of nitrogens with zero attached hydrogens (tertiary/aromatic N) is 7. The van der Waals surface area contributed by atoms with Crippen LogP contribution in [0.3, 0.4) is 0 Å². The van der Waals surface area contributed by atoms with Gasteiger partial charge >= 0.3 is 0 Å². The molecule has 4 heterocycles. The molecule has 2 N–H and O–H groups in total. The van der Waals surface area contributed by atoms with Gasteiger partial charge in [0.2, 0.25) is 0 Å². The van der Waals surface area contributed by atoms with Gasteiger partial charge in [-0.2, -0.15) is 5.26 Å². The SMILES string of the molecule is Cc1nc([C@H](Nc2cc(Cl)c3ncc(C#N)c(Nc4ccc(F)c(Cl)c4)c3c2)c2cn(C3CCN(C(C)(C)C)CC3)nn2)c(C)o1. The van der Waals surface area contributed by atoms with Crippen molar-refractivity contribution in [2.75, 3.05) is 23.7 Å². The van der Waals surface area contributed by atoms with Crippen LogP contribution in [0.25, 0.3) is 10.9 Å². The zero-order chi connectivity index (χ0) is 32.7. The first-order valence-corrected chi connectivity index (χ1v) is 15.8. The molecule has 10 nitrogen and oxygen atoms in total. The van der Waals surface area contributed by atoms with Crippen LogP contribution in [0.5, 0.6) is 0 Å². The highest BCUT2D eigenvalue weighted by Crippen LogP contribution is 2.38. The Balaban J connectivity index is 1.37. The largest absolute Gasteiger partial charge is 0.446 e. The van der Waals surface area contributed by atoms with Gasteiger partial charge in [-0.25, -0.2) is 14.1 Å². The van der Waals surface area contributed by atoms with E-state index in [2.05, 4.69) is 62.7 Å². The van der Waals surface area contributed by atoms with E-state index < -0.39 is 11.9 Å². The topological polar surface area (TPSA) is 121 Å². The van der Waals surface area contributed by atoms with Crippen LogP contribution in [0.4, 0.5) is 21.5 Å². The fourth-order valence-corrected chi connectivity index (χ4v) is 6.39. The minimum Gasteiger partial charge on any atom is -0.446 e. The number of likely N-dealkylation sites (tertiary alicyclic amines) is 1. The number of benzene rings is 2. The summed E-state index contributed by atoms with van der Waals surface area (Å²) < 4.78 is 21.6. The summed E-state index contributed by atoms with van der Waals surface area (Å²) in [5.74, 6) is 0.641. The van der Waals surface area contributed by atoms with Gasteiger partial charge < -0.3 is 15.1 Å². The molecule has 6 rings (SSSR count). The van der Waals surface area contributed by atoms with Crippen LogP contribution >= 0.6 is 23.2 Å². The third-order valence-corrected chi connectivity index (χ3v) is 8.95. The Morgan fingerprint density at radius 2 is 1.83 bits per heavy atom. The highest BCUT2D eigenvalue weighted by molar-refractivity contribution is 6.36. The van der Waals surface area contributed by atoms with E-state index in [1.807, 2.05) is 23.9 Å². The number of nitriles is 1. The van der Waals surface area contributed by atoms with Gasteiger partial charge in [0, 0.05) is 48.5 Å². The van der Waals surface area contributed by atoms with Crippen molar-refractivity contribution in [1.29, 1.82) is 5.26 Å². The summed E-state index contributed by atoms with van der Waals surface area (Å²) in [7, 11) is 0. The number of pyridine rings is 1. The van der Waals surface area contributed by atoms with Crippen LogP contribution in [0.15, 0.2) is 47.1 Å². The molecule has 0 saturated carbocycles. The number of rotatable bonds is 7. The predicted molar refractivity (Wildman–Crippen MR) is 177 cm³/mol. The third kappa shape index (κ3) is 6.38. The molecule has 0 spiro atoms. The van der Waals surface area contributed by atoms with Gasteiger partial charge in [0.25, 0.3) is 0 Å². The lowest BCUT2D eigenvalue weighted by Gasteiger charge is -2.40. The number of aryl methyl sites for hydroxylation is 2. The number of anilines is 3. The first-order valence-electron chi connectivity index (χ1n) is 15.0. The van der Waals surface area contributed by atoms with Crippen LogP contribution in [-0.2, 0) is 0 Å². The van der Waals surface area contributed by atoms with Crippen molar-refractivity contribution < 1.29 is 8.81 Å². The van der Waals surface area contributed by atoms with Crippen molar-refractivity contribution in [3.63, 3.8) is 0 Å². The van der Waals surface area contributed by atoms with E-state index in [9.17, 15) is 9.65 Å². The van der Waals surface area contributed by atoms with Gasteiger partial charge in [-0.05, 0) is 70.9 Å². The third-order valence-electron chi connectivity index (χ3n) is 8.37. The van der Waals surface area contributed by atoms with Gasteiger partial charge in [0.05, 0.1) is 39.1 Å². The average molecular weight is 663 g/mol. The number of fused-ring (bicyclic) bond motifs is 1. The van der Waals surface area contributed by atoms with Crippen LogP contribution < -0.4 is 10.6 Å². The molecule has 1 aliphatic heterocycles. The molecule has 2 aromatic carbocycles. The fourth-order valence-electron chi connectivity index (χ4n) is 5.94. The summed E-state index contributed by atoms with van der Waals surface area (Å²) in [6.45, 7) is 12.4. The zero-order valence-electron chi connectivity index (χ0n) is 26.2. The van der Waals surface area contributed by atoms with Crippen molar-refractivity contribution >= 4 is 51.2 Å². The summed E-state index contributed by atoms with van der Waals surface area (Å²) >= 11 is 12.8. The van der Waals surface area contributed by atoms with E-state index in [0.29, 0.717) is 56.0 Å². The summed E-state index contributed by atoms with van der Waals surface area (Å²) in [5, 5.41) is 26.7. The van der Waals surface area contributed by atoms with Crippen molar-refractivity contribution in [2.45, 2.75) is 65.1 Å². The molecule has 1 atom stereocenters. The Labute approximate surface area is 276 Å². The quantitative estimate of drug-likeness (QED) is 0.178. The first kappa shape index (κ1) is 31.7. The molecule has 3 aromatic heterocycles. The lowest BCUT2D eigenvalue weighted by atomic mass is 9.98. The number of nitrogens with one attached hydrogen (secondary N) is 2. The highest BCUT2D eigenvalue weighted by Gasteiger charge is 2.30. The van der Waals surface area contributed by atoms with E-state index in [-0.39, 0.29) is 22.2 Å². The molecular weight excluding hydrogens is 628 g/mol. The number of piperidine rings is 1. The molecule has 46 heavy (non-hydrogen) atoms. The van der Waals surface area contributed by atoms with Crippen LogP contribution in [-0.4, -0.2) is 48.5 Å². The van der Waals surface area contributed by atoms with E-state index in [0.717, 1.165) is 25.9 Å². The summed E-state index contributed by atoms with van der Waals surface area (Å²) in [6, 6.07) is 9.77. The molecule has 13 heteroatoms. The number of hydrogen-bond acceptors (Lipinski definition) is 9. The fraction of sp³-hybridized carbons (Fsp3) is 0.364. The maximum absolute atomic E-state index is 13.9. The van der Waals surface area contributed by atoms with Crippen LogP contribution in [0.1, 0.15) is 74.3 Å². The predicted octanol–water partition coefficient (Wildman–Crippen LogP) is 8.13. The Bertz CT molecular complexity index is 1950. The average Bonchev–Trinajstić information content (AvgIpc) is 3.64. The molecule has 0 radical (unpaired) electrons. The van der Waals surface area contributed by atoms with Gasteiger partial charge in [-0.3, -0.25) is 9.88 Å². The van der Waals surface area contributed by atoms with Gasteiger partial charge in [0.1, 0.15) is 35.1 Å². The minimum absolute atomic E-state index is 0.0452. The van der Waals surface area contributed by atoms with E-state index in [1.165, 1.54) is 18.3 Å². The second-order valence-electron chi connectivity index (χ2n) is 12.5. The molecule has 0 aliphatic carbocycles. The molecule has 1 saturated heterocycles. The van der Waals surface area contributed by atoms with Crippen molar-refractivity contribution in [3.8, 4) is 6.07 Å². The zero-order valence-corrected chi connectivity index (χ0v) is 27.7. The van der Waals surface area contributed by atoms with Gasteiger partial charge in [-0.15, -0.1) is 5.10 Å². The summed E-state index contributed by atoms with van der Waals surface area (Å²) in [4.78, 5) is 11.6. The van der Waals surface area contributed by atoms with Crippen molar-refractivity contribution in [1.82, 2.24) is 29.9 Å². The standard InChI is InChI=1S/C33H34Cl2FN9O/c1-18-29(39-19(2)46-18)32(28-17-45(43-42-28)23-8-10-44(11-9-23)33(3,4)5)41-22-12-24-30(40-21-6-7-27(36)25(34)13-21)20(15-37)16-38-31(24)26(35)14-22/h6-7,12-14,16-17,23,32,41H,8-11H2,1-5H3,(H,38,40)/t32-/m1/s1. The lowest BCUT2D eigenvalue weighted by Crippen LogP contribution is -2.46. The molecule has 1 aliphatic rings. The van der Waals surface area contributed by atoms with Crippen molar-refractivity contribution in [2.24, 2.45) is 0 Å². The second kappa shape index (κ2) is 12.5. The van der Waals surface area contributed by atoms with E-state index in [4.69, 9.17) is 27.6 Å². The number of oxazole rings is 1. The molecule has 0 bridgehead atoms. The maximum atomic E-state index is 13.9. The monoisotopic (exact) mass is 661 g/mol. The Morgan fingerprint density at radius 3 is 2.48 bits per heavy atom. The molecule has 238 valence electrons. The maximum Gasteiger partial charge on any atom is 0.191 e. The minimum atomic E-state index is -0.543. The van der Waals surface area contributed by atoms with E-state index >= 15 is 0 Å². The molecular formula is C33H34Cl2FN9O. The number of hydrogen-bond donors (Lipinski definition) is 2. The molecule has 5 aromatic rings. The Morgan fingerprint density at radius 1 is 1.09 bits per heavy atom. The highest BCUT2D eigenvalue weighted by atomic mass is 35.5. The van der Waals surface area contributed by atoms with Gasteiger partial charge in [-0.1, -0.05) is 28.4 Å². The second-order valence-corrected chi connectivity index (χ2v) is 13.3. The molecule has 0 amide bonds.